The molecule has 38 heavy (non-hydrogen) atoms. The highest BCUT2D eigenvalue weighted by molar-refractivity contribution is 14.1. The first-order valence-electron chi connectivity index (χ1n) is 11.2. The van der Waals surface area contributed by atoms with Gasteiger partial charge >= 0.3 is 6.03 Å². The van der Waals surface area contributed by atoms with Crippen molar-refractivity contribution >= 4 is 97.8 Å². The fraction of sp³-hybridized carbons (Fsp3) is 0.115. The van der Waals surface area contributed by atoms with Gasteiger partial charge < -0.3 is 14.8 Å². The third kappa shape index (κ3) is 7.11. The van der Waals surface area contributed by atoms with E-state index in [-0.39, 0.29) is 9.34 Å². The number of hydrogen-bond acceptors (Lipinski definition) is 6. The summed E-state index contributed by atoms with van der Waals surface area (Å²) >= 11 is 20.5. The van der Waals surface area contributed by atoms with E-state index >= 15 is 0 Å². The van der Waals surface area contributed by atoms with Crippen molar-refractivity contribution in [2.75, 3.05) is 11.9 Å². The van der Waals surface area contributed by atoms with Crippen LogP contribution in [0.3, 0.4) is 0 Å². The average molecular weight is 700 g/mol. The average Bonchev–Trinajstić information content (AvgIpc) is 3.13. The number of halogens is 3. The number of hydrazine groups is 1. The Bertz CT molecular complexity index is 1420. The van der Waals surface area contributed by atoms with Gasteiger partial charge in [0, 0.05) is 5.69 Å². The minimum atomic E-state index is -0.658. The standard InChI is InChI=1S/C26H20Cl2IN3O4S2/c1-2-35-21-11-16(10-20(29)23(21)36-14-15-6-4-3-5-7-15)12-22-24(33)32(26(37)38-22)31-25(34)30-17-8-9-18(27)19(28)13-17/h3-13H,2,14H2,1H3,(H2,30,31,34)/b22-12+. The molecule has 4 rings (SSSR count). The van der Waals surface area contributed by atoms with Gasteiger partial charge in [-0.05, 0) is 89.3 Å². The van der Waals surface area contributed by atoms with Gasteiger partial charge in [0.05, 0.1) is 25.1 Å². The van der Waals surface area contributed by atoms with Crippen LogP contribution in [0.4, 0.5) is 10.5 Å². The number of carbonyl (C=O) groups is 2. The molecule has 0 spiro atoms. The SMILES string of the molecule is CCOc1cc(/C=C2/SC(=S)N(NC(=O)Nc3ccc(Cl)c(Cl)c3)C2=O)cc(I)c1OCc1ccccc1. The molecule has 12 heteroatoms. The van der Waals surface area contributed by atoms with Crippen LogP contribution >= 0.6 is 69.8 Å². The van der Waals surface area contributed by atoms with Crippen LogP contribution in [0.1, 0.15) is 18.1 Å². The molecule has 0 atom stereocenters. The number of ether oxygens (including phenoxy) is 2. The van der Waals surface area contributed by atoms with Crippen molar-refractivity contribution in [3.63, 3.8) is 0 Å². The Morgan fingerprint density at radius 2 is 1.87 bits per heavy atom. The van der Waals surface area contributed by atoms with Gasteiger partial charge in [-0.1, -0.05) is 65.3 Å². The van der Waals surface area contributed by atoms with Crippen molar-refractivity contribution in [1.29, 1.82) is 0 Å². The van der Waals surface area contributed by atoms with Gasteiger partial charge in [-0.25, -0.2) is 10.2 Å². The van der Waals surface area contributed by atoms with Crippen LogP contribution in [0, 0.1) is 3.57 Å². The van der Waals surface area contributed by atoms with Gasteiger partial charge in [0.1, 0.15) is 6.61 Å². The summed E-state index contributed by atoms with van der Waals surface area (Å²) in [7, 11) is 0. The van der Waals surface area contributed by atoms with E-state index in [0.29, 0.717) is 40.3 Å². The van der Waals surface area contributed by atoms with E-state index in [4.69, 9.17) is 44.9 Å². The smallest absolute Gasteiger partial charge is 0.338 e. The van der Waals surface area contributed by atoms with Gasteiger partial charge in [-0.3, -0.25) is 4.79 Å². The lowest BCUT2D eigenvalue weighted by molar-refractivity contribution is -0.123. The number of benzene rings is 3. The zero-order valence-corrected chi connectivity index (χ0v) is 25.1. The Hall–Kier alpha value is -2.51. The van der Waals surface area contributed by atoms with Gasteiger partial charge in [-0.2, -0.15) is 5.01 Å². The molecule has 0 aromatic heterocycles. The first-order valence-corrected chi connectivity index (χ1v) is 14.2. The molecular weight excluding hydrogens is 680 g/mol. The summed E-state index contributed by atoms with van der Waals surface area (Å²) < 4.78 is 12.9. The van der Waals surface area contributed by atoms with E-state index in [2.05, 4.69) is 33.3 Å². The zero-order valence-electron chi connectivity index (χ0n) is 19.8. The number of urea groups is 1. The summed E-state index contributed by atoms with van der Waals surface area (Å²) in [4.78, 5) is 25.9. The number of nitrogens with one attached hydrogen (secondary N) is 2. The lowest BCUT2D eigenvalue weighted by Gasteiger charge is -2.16. The minimum Gasteiger partial charge on any atom is -0.490 e. The highest BCUT2D eigenvalue weighted by Crippen LogP contribution is 2.37. The van der Waals surface area contributed by atoms with Crippen molar-refractivity contribution in [1.82, 2.24) is 10.4 Å². The molecule has 196 valence electrons. The van der Waals surface area contributed by atoms with Crippen LogP contribution in [0.5, 0.6) is 11.5 Å². The third-order valence-corrected chi connectivity index (χ3v) is 7.88. The summed E-state index contributed by atoms with van der Waals surface area (Å²) in [5.41, 5.74) is 4.64. The molecule has 0 radical (unpaired) electrons. The molecule has 0 aliphatic carbocycles. The quantitative estimate of drug-likeness (QED) is 0.144. The van der Waals surface area contributed by atoms with Crippen molar-refractivity contribution in [2.45, 2.75) is 13.5 Å². The molecule has 2 N–H and O–H groups in total. The molecule has 0 unspecified atom stereocenters. The molecule has 1 aliphatic rings. The summed E-state index contributed by atoms with van der Waals surface area (Å²) in [5.74, 6) is 0.736. The van der Waals surface area contributed by atoms with E-state index in [1.807, 2.05) is 49.4 Å². The number of amides is 3. The van der Waals surface area contributed by atoms with Crippen LogP contribution in [0.2, 0.25) is 10.0 Å². The van der Waals surface area contributed by atoms with Crippen molar-refractivity contribution in [2.24, 2.45) is 0 Å². The molecule has 3 aromatic carbocycles. The molecule has 0 bridgehead atoms. The third-order valence-electron chi connectivity index (χ3n) is 5.04. The van der Waals surface area contributed by atoms with E-state index in [1.165, 1.54) is 6.07 Å². The molecule has 3 aromatic rings. The second kappa shape index (κ2) is 13.0. The van der Waals surface area contributed by atoms with Gasteiger partial charge in [0.2, 0.25) is 0 Å². The van der Waals surface area contributed by atoms with E-state index < -0.39 is 11.9 Å². The van der Waals surface area contributed by atoms with Crippen LogP contribution in [-0.2, 0) is 11.4 Å². The fourth-order valence-electron chi connectivity index (χ4n) is 3.35. The molecule has 1 heterocycles. The molecule has 3 amide bonds. The maximum absolute atomic E-state index is 13.0. The van der Waals surface area contributed by atoms with Crippen molar-refractivity contribution < 1.29 is 19.1 Å². The summed E-state index contributed by atoms with van der Waals surface area (Å²) in [6.45, 7) is 2.73. The minimum absolute atomic E-state index is 0.188. The summed E-state index contributed by atoms with van der Waals surface area (Å²) in [6.07, 6.45) is 1.70. The highest BCUT2D eigenvalue weighted by atomic mass is 127. The number of thioether (sulfide) groups is 1. The Morgan fingerprint density at radius 3 is 2.58 bits per heavy atom. The number of nitrogens with zero attached hydrogens (tertiary/aromatic N) is 1. The Balaban J connectivity index is 1.48. The maximum Gasteiger partial charge on any atom is 0.338 e. The second-order valence-electron chi connectivity index (χ2n) is 7.75. The predicted octanol–water partition coefficient (Wildman–Crippen LogP) is 7.51. The zero-order chi connectivity index (χ0) is 27.2. The van der Waals surface area contributed by atoms with E-state index in [1.54, 1.807) is 18.2 Å². The van der Waals surface area contributed by atoms with E-state index in [0.717, 1.165) is 31.5 Å². The Morgan fingerprint density at radius 1 is 1.11 bits per heavy atom. The first kappa shape index (κ1) is 28.5. The maximum atomic E-state index is 13.0. The number of thiocarbonyl (C=S) groups is 1. The molecule has 7 nitrogen and oxygen atoms in total. The number of rotatable bonds is 8. The number of carbonyl (C=O) groups excluding carboxylic acids is 2. The topological polar surface area (TPSA) is 79.9 Å². The summed E-state index contributed by atoms with van der Waals surface area (Å²) in [5, 5.41) is 4.26. The Labute approximate surface area is 252 Å². The lowest BCUT2D eigenvalue weighted by atomic mass is 10.1. The molecular formula is C26H20Cl2IN3O4S2. The highest BCUT2D eigenvalue weighted by Gasteiger charge is 2.33. The van der Waals surface area contributed by atoms with Crippen LogP contribution in [-0.4, -0.2) is 27.9 Å². The predicted molar refractivity (Wildman–Crippen MR) is 165 cm³/mol. The molecule has 1 fully saturated rings. The van der Waals surface area contributed by atoms with Crippen molar-refractivity contribution in [3.05, 3.63) is 90.3 Å². The monoisotopic (exact) mass is 699 g/mol. The largest absolute Gasteiger partial charge is 0.490 e. The van der Waals surface area contributed by atoms with Gasteiger partial charge in [0.15, 0.2) is 15.8 Å². The number of anilines is 1. The molecule has 1 saturated heterocycles. The fourth-order valence-corrected chi connectivity index (χ4v) is 5.61. The lowest BCUT2D eigenvalue weighted by Crippen LogP contribution is -2.46. The second-order valence-corrected chi connectivity index (χ2v) is 11.4. The van der Waals surface area contributed by atoms with Crippen LogP contribution in [0.15, 0.2) is 65.6 Å². The summed E-state index contributed by atoms with van der Waals surface area (Å²) in [6, 6.07) is 17.5. The molecule has 1 aliphatic heterocycles. The first-order chi connectivity index (χ1) is 18.2. The van der Waals surface area contributed by atoms with E-state index in [9.17, 15) is 9.59 Å². The van der Waals surface area contributed by atoms with Crippen LogP contribution in [0.25, 0.3) is 6.08 Å². The van der Waals surface area contributed by atoms with Gasteiger partial charge in [0.25, 0.3) is 5.91 Å². The number of hydrogen-bond donors (Lipinski definition) is 2. The van der Waals surface area contributed by atoms with Gasteiger partial charge in [-0.15, -0.1) is 0 Å². The molecule has 0 saturated carbocycles. The Kier molecular flexibility index (Phi) is 9.77. The normalized spacial score (nSPS) is 14.1. The van der Waals surface area contributed by atoms with Crippen molar-refractivity contribution in [3.8, 4) is 11.5 Å². The van der Waals surface area contributed by atoms with Crippen LogP contribution < -0.4 is 20.2 Å².